The number of carboxylic acid groups (broad SMARTS) is 1. The quantitative estimate of drug-likeness (QED) is 0.700. The topological polar surface area (TPSA) is 110 Å². The number of para-hydroxylation sites is 1. The largest absolute Gasteiger partial charge is 0.481 e. The number of carboxylic acids is 1. The number of amides is 1. The zero-order valence-corrected chi connectivity index (χ0v) is 16.2. The molecule has 1 aromatic carbocycles. The molecular formula is C20H21N5O4. The van der Waals surface area contributed by atoms with E-state index in [4.69, 9.17) is 4.74 Å². The highest BCUT2D eigenvalue weighted by atomic mass is 16.5. The number of hydrogen-bond acceptors (Lipinski definition) is 6. The number of hydrogen-bond donors (Lipinski definition) is 1. The average Bonchev–Trinajstić information content (AvgIpc) is 3.32. The second-order valence-corrected chi connectivity index (χ2v) is 7.28. The Kier molecular flexibility index (Phi) is 4.75. The van der Waals surface area contributed by atoms with Crippen LogP contribution < -0.4 is 0 Å². The number of carbonyl (C=O) groups excluding carboxylic acids is 1. The second-order valence-electron chi connectivity index (χ2n) is 7.28. The molecule has 1 unspecified atom stereocenters. The third-order valence-electron chi connectivity index (χ3n) is 5.45. The summed E-state index contributed by atoms with van der Waals surface area (Å²) < 4.78 is 6.69. The summed E-state index contributed by atoms with van der Waals surface area (Å²) >= 11 is 0. The van der Waals surface area contributed by atoms with Crippen molar-refractivity contribution in [3.8, 4) is 5.69 Å². The van der Waals surface area contributed by atoms with Crippen LogP contribution in [0.5, 0.6) is 0 Å². The van der Waals surface area contributed by atoms with Crippen LogP contribution in [0.25, 0.3) is 16.6 Å². The molecule has 1 atom stereocenters. The summed E-state index contributed by atoms with van der Waals surface area (Å²) in [7, 11) is 1.46. The van der Waals surface area contributed by atoms with E-state index >= 15 is 0 Å². The maximum Gasteiger partial charge on any atom is 0.313 e. The average molecular weight is 395 g/mol. The summed E-state index contributed by atoms with van der Waals surface area (Å²) in [5, 5.41) is 18.8. The number of aliphatic carboxylic acids is 1. The SMILES string of the molecule is COCC1(C(=O)O)CCN(C(=O)c2nnn(-c3cccc4cccnc34)c2C)C1. The highest BCUT2D eigenvalue weighted by Gasteiger charge is 2.47. The van der Waals surface area contributed by atoms with E-state index in [-0.39, 0.29) is 24.8 Å². The molecule has 1 amide bonds. The van der Waals surface area contributed by atoms with Crippen molar-refractivity contribution in [2.24, 2.45) is 5.41 Å². The van der Waals surface area contributed by atoms with E-state index in [1.165, 1.54) is 12.0 Å². The van der Waals surface area contributed by atoms with Gasteiger partial charge in [-0.2, -0.15) is 0 Å². The summed E-state index contributed by atoms with van der Waals surface area (Å²) in [6, 6.07) is 9.53. The van der Waals surface area contributed by atoms with Crippen molar-refractivity contribution < 1.29 is 19.4 Å². The molecular weight excluding hydrogens is 374 g/mol. The van der Waals surface area contributed by atoms with E-state index in [9.17, 15) is 14.7 Å². The van der Waals surface area contributed by atoms with Crippen molar-refractivity contribution in [3.05, 3.63) is 47.9 Å². The van der Waals surface area contributed by atoms with Crippen LogP contribution in [0, 0.1) is 12.3 Å². The fraction of sp³-hybridized carbons (Fsp3) is 0.350. The van der Waals surface area contributed by atoms with E-state index < -0.39 is 11.4 Å². The molecule has 0 radical (unpaired) electrons. The second kappa shape index (κ2) is 7.25. The van der Waals surface area contributed by atoms with Gasteiger partial charge in [0.05, 0.1) is 23.5 Å². The van der Waals surface area contributed by atoms with E-state index in [0.29, 0.717) is 18.7 Å². The number of nitrogens with zero attached hydrogens (tertiary/aromatic N) is 5. The summed E-state index contributed by atoms with van der Waals surface area (Å²) in [5.74, 6) is -1.29. The van der Waals surface area contributed by atoms with E-state index in [0.717, 1.165) is 16.6 Å². The van der Waals surface area contributed by atoms with Gasteiger partial charge in [0.15, 0.2) is 5.69 Å². The standard InChI is InChI=1S/C20H21N5O4/c1-13-16(18(26)24-10-8-20(11-24,12-29-2)19(27)28)22-23-25(13)15-7-3-5-14-6-4-9-21-17(14)15/h3-7,9H,8,10-12H2,1-2H3,(H,27,28). The number of likely N-dealkylation sites (tertiary alicyclic amines) is 1. The summed E-state index contributed by atoms with van der Waals surface area (Å²) in [6.07, 6.45) is 2.04. The molecule has 0 saturated carbocycles. The zero-order chi connectivity index (χ0) is 20.6. The number of pyridine rings is 1. The number of carbonyl (C=O) groups is 2. The molecule has 0 bridgehead atoms. The highest BCUT2D eigenvalue weighted by Crippen LogP contribution is 2.32. The molecule has 2 aromatic heterocycles. The number of aromatic nitrogens is 4. The Morgan fingerprint density at radius 2 is 2.07 bits per heavy atom. The lowest BCUT2D eigenvalue weighted by atomic mass is 9.88. The van der Waals surface area contributed by atoms with Gasteiger partial charge in [0.2, 0.25) is 0 Å². The van der Waals surface area contributed by atoms with E-state index in [2.05, 4.69) is 15.3 Å². The Bertz CT molecular complexity index is 1090. The van der Waals surface area contributed by atoms with E-state index in [1.54, 1.807) is 17.8 Å². The van der Waals surface area contributed by atoms with Gasteiger partial charge in [0.1, 0.15) is 5.41 Å². The first-order valence-corrected chi connectivity index (χ1v) is 9.25. The van der Waals surface area contributed by atoms with Crippen molar-refractivity contribution in [1.82, 2.24) is 24.9 Å². The Morgan fingerprint density at radius 3 is 2.83 bits per heavy atom. The molecule has 29 heavy (non-hydrogen) atoms. The monoisotopic (exact) mass is 395 g/mol. The number of fused-ring (bicyclic) bond motifs is 1. The summed E-state index contributed by atoms with van der Waals surface area (Å²) in [4.78, 5) is 30.7. The maximum absolute atomic E-state index is 13.1. The van der Waals surface area contributed by atoms with E-state index in [1.807, 2.05) is 30.3 Å². The zero-order valence-electron chi connectivity index (χ0n) is 16.2. The van der Waals surface area contributed by atoms with Gasteiger partial charge < -0.3 is 14.7 Å². The first-order valence-electron chi connectivity index (χ1n) is 9.25. The molecule has 9 nitrogen and oxygen atoms in total. The highest BCUT2D eigenvalue weighted by molar-refractivity contribution is 5.94. The number of ether oxygens (including phenoxy) is 1. The summed E-state index contributed by atoms with van der Waals surface area (Å²) in [5.41, 5.74) is 1.18. The van der Waals surface area contributed by atoms with Crippen molar-refractivity contribution in [2.75, 3.05) is 26.8 Å². The van der Waals surface area contributed by atoms with Crippen LogP contribution >= 0.6 is 0 Å². The Labute approximate surface area is 166 Å². The third kappa shape index (κ3) is 3.13. The number of rotatable bonds is 5. The van der Waals surface area contributed by atoms with Crippen LogP contribution in [-0.2, 0) is 9.53 Å². The maximum atomic E-state index is 13.1. The minimum atomic E-state index is -1.09. The first-order chi connectivity index (χ1) is 14.0. The lowest BCUT2D eigenvalue weighted by molar-refractivity contribution is -0.151. The lowest BCUT2D eigenvalue weighted by Gasteiger charge is -2.23. The van der Waals surface area contributed by atoms with Crippen LogP contribution in [0.4, 0.5) is 0 Å². The molecule has 4 rings (SSSR count). The molecule has 1 saturated heterocycles. The normalized spacial score (nSPS) is 19.0. The number of benzene rings is 1. The molecule has 1 fully saturated rings. The van der Waals surface area contributed by atoms with Gasteiger partial charge in [-0.1, -0.05) is 23.4 Å². The van der Waals surface area contributed by atoms with Gasteiger partial charge in [-0.25, -0.2) is 4.68 Å². The minimum absolute atomic E-state index is 0.0550. The van der Waals surface area contributed by atoms with Gasteiger partial charge in [0, 0.05) is 31.8 Å². The van der Waals surface area contributed by atoms with Gasteiger partial charge in [0.25, 0.3) is 5.91 Å². The van der Waals surface area contributed by atoms with Gasteiger partial charge in [-0.15, -0.1) is 5.10 Å². The molecule has 1 aliphatic heterocycles. The molecule has 0 spiro atoms. The molecule has 3 heterocycles. The van der Waals surface area contributed by atoms with Gasteiger partial charge in [-0.05, 0) is 25.5 Å². The fourth-order valence-electron chi connectivity index (χ4n) is 3.84. The molecule has 1 N–H and O–H groups in total. The van der Waals surface area contributed by atoms with Crippen LogP contribution in [0.3, 0.4) is 0 Å². The molecule has 3 aromatic rings. The lowest BCUT2D eigenvalue weighted by Crippen LogP contribution is -2.40. The number of methoxy groups -OCH3 is 1. The van der Waals surface area contributed by atoms with Gasteiger partial charge >= 0.3 is 5.97 Å². The van der Waals surface area contributed by atoms with Crippen LogP contribution in [0.15, 0.2) is 36.5 Å². The predicted octanol–water partition coefficient (Wildman–Crippen LogP) is 1.69. The fourth-order valence-corrected chi connectivity index (χ4v) is 3.84. The third-order valence-corrected chi connectivity index (χ3v) is 5.45. The minimum Gasteiger partial charge on any atom is -0.481 e. The van der Waals surface area contributed by atoms with Crippen LogP contribution in [0.2, 0.25) is 0 Å². The summed E-state index contributed by atoms with van der Waals surface area (Å²) in [6.45, 7) is 2.23. The molecule has 0 aliphatic carbocycles. The smallest absolute Gasteiger partial charge is 0.313 e. The molecule has 1 aliphatic rings. The van der Waals surface area contributed by atoms with Crippen molar-refractivity contribution in [2.45, 2.75) is 13.3 Å². The van der Waals surface area contributed by atoms with Gasteiger partial charge in [-0.3, -0.25) is 14.6 Å². The van der Waals surface area contributed by atoms with Crippen molar-refractivity contribution in [3.63, 3.8) is 0 Å². The van der Waals surface area contributed by atoms with Crippen LogP contribution in [-0.4, -0.2) is 68.7 Å². The Balaban J connectivity index is 1.66. The predicted molar refractivity (Wildman–Crippen MR) is 104 cm³/mol. The van der Waals surface area contributed by atoms with Crippen molar-refractivity contribution in [1.29, 1.82) is 0 Å². The van der Waals surface area contributed by atoms with Crippen LogP contribution in [0.1, 0.15) is 22.6 Å². The first kappa shape index (κ1) is 19.0. The Morgan fingerprint density at radius 1 is 1.28 bits per heavy atom. The molecule has 9 heteroatoms. The molecule has 150 valence electrons. The Hall–Kier alpha value is -3.33. The van der Waals surface area contributed by atoms with Crippen molar-refractivity contribution >= 4 is 22.8 Å².